The molecule has 1 N–H and O–H groups in total. The van der Waals surface area contributed by atoms with Gasteiger partial charge in [0.25, 0.3) is 5.91 Å². The number of carbonyl (C=O) groups excluding carboxylic acids is 1. The number of alkyl halides is 1. The van der Waals surface area contributed by atoms with Gasteiger partial charge in [-0.2, -0.15) is 0 Å². The Kier molecular flexibility index (Phi) is 7.36. The SMILES string of the molecule is CCCC(Br)CNC(=O)c1cc(OC)c(OC)cc1OC. The number of hydrogen-bond donors (Lipinski definition) is 1. The number of amides is 1. The fraction of sp³-hybridized carbons (Fsp3) is 0.533. The highest BCUT2D eigenvalue weighted by molar-refractivity contribution is 9.09. The summed E-state index contributed by atoms with van der Waals surface area (Å²) in [5, 5.41) is 2.88. The first-order valence-corrected chi connectivity index (χ1v) is 7.71. The van der Waals surface area contributed by atoms with Crippen molar-refractivity contribution in [1.29, 1.82) is 0 Å². The minimum Gasteiger partial charge on any atom is -0.496 e. The lowest BCUT2D eigenvalue weighted by atomic mass is 10.1. The number of nitrogens with one attached hydrogen (secondary N) is 1. The van der Waals surface area contributed by atoms with Crippen LogP contribution >= 0.6 is 15.9 Å². The van der Waals surface area contributed by atoms with E-state index < -0.39 is 0 Å². The maximum Gasteiger partial charge on any atom is 0.255 e. The predicted octanol–water partition coefficient (Wildman–Crippen LogP) is 3.01. The molecular weight excluding hydrogens is 338 g/mol. The van der Waals surface area contributed by atoms with Gasteiger partial charge in [0, 0.05) is 23.5 Å². The van der Waals surface area contributed by atoms with Crippen LogP contribution in [0.25, 0.3) is 0 Å². The molecule has 1 aromatic carbocycles. The van der Waals surface area contributed by atoms with Crippen molar-refractivity contribution in [2.45, 2.75) is 24.6 Å². The van der Waals surface area contributed by atoms with E-state index in [1.54, 1.807) is 12.1 Å². The molecule has 0 aromatic heterocycles. The molecule has 21 heavy (non-hydrogen) atoms. The van der Waals surface area contributed by atoms with E-state index in [-0.39, 0.29) is 10.7 Å². The Balaban J connectivity index is 2.92. The van der Waals surface area contributed by atoms with E-state index in [2.05, 4.69) is 28.2 Å². The highest BCUT2D eigenvalue weighted by atomic mass is 79.9. The van der Waals surface area contributed by atoms with E-state index in [1.807, 2.05) is 0 Å². The van der Waals surface area contributed by atoms with Gasteiger partial charge in [-0.3, -0.25) is 4.79 Å². The Hall–Kier alpha value is -1.43. The quantitative estimate of drug-likeness (QED) is 0.724. The van der Waals surface area contributed by atoms with Gasteiger partial charge in [0.15, 0.2) is 11.5 Å². The van der Waals surface area contributed by atoms with Gasteiger partial charge in [-0.15, -0.1) is 0 Å². The van der Waals surface area contributed by atoms with Gasteiger partial charge in [0.05, 0.1) is 26.9 Å². The van der Waals surface area contributed by atoms with E-state index in [9.17, 15) is 4.79 Å². The molecule has 0 fully saturated rings. The molecule has 118 valence electrons. The third-order valence-electron chi connectivity index (χ3n) is 3.04. The Labute approximate surface area is 134 Å². The van der Waals surface area contributed by atoms with Gasteiger partial charge in [-0.1, -0.05) is 29.3 Å². The molecule has 0 radical (unpaired) electrons. The summed E-state index contributed by atoms with van der Waals surface area (Å²) in [6, 6.07) is 3.27. The molecule has 0 spiro atoms. The molecule has 5 nitrogen and oxygen atoms in total. The summed E-state index contributed by atoms with van der Waals surface area (Å²) in [7, 11) is 4.58. The van der Waals surface area contributed by atoms with E-state index in [4.69, 9.17) is 14.2 Å². The lowest BCUT2D eigenvalue weighted by molar-refractivity contribution is 0.0950. The molecule has 0 saturated heterocycles. The standard InChI is InChI=1S/C15H22BrNO4/c1-5-6-10(16)9-17-15(18)11-7-13(20-3)14(21-4)8-12(11)19-2/h7-8,10H,5-6,9H2,1-4H3,(H,17,18). The molecule has 1 amide bonds. The van der Waals surface area contributed by atoms with Crippen LogP contribution in [0.15, 0.2) is 12.1 Å². The van der Waals surface area contributed by atoms with Crippen molar-refractivity contribution in [3.63, 3.8) is 0 Å². The Morgan fingerprint density at radius 1 is 1.14 bits per heavy atom. The molecule has 6 heteroatoms. The fourth-order valence-corrected chi connectivity index (χ4v) is 2.54. The number of methoxy groups -OCH3 is 3. The topological polar surface area (TPSA) is 56.8 Å². The normalized spacial score (nSPS) is 11.7. The maximum atomic E-state index is 12.3. The number of ether oxygens (including phenoxy) is 3. The number of rotatable bonds is 8. The van der Waals surface area contributed by atoms with E-state index >= 15 is 0 Å². The van der Waals surface area contributed by atoms with Crippen LogP contribution in [0, 0.1) is 0 Å². The molecule has 1 atom stereocenters. The average Bonchev–Trinajstić information content (AvgIpc) is 2.51. The van der Waals surface area contributed by atoms with Gasteiger partial charge in [-0.05, 0) is 6.42 Å². The van der Waals surface area contributed by atoms with Crippen molar-refractivity contribution >= 4 is 21.8 Å². The van der Waals surface area contributed by atoms with E-state index in [0.717, 1.165) is 12.8 Å². The van der Waals surface area contributed by atoms with Crippen molar-refractivity contribution in [3.8, 4) is 17.2 Å². The smallest absolute Gasteiger partial charge is 0.255 e. The third kappa shape index (κ3) is 4.81. The maximum absolute atomic E-state index is 12.3. The van der Waals surface area contributed by atoms with E-state index in [1.165, 1.54) is 21.3 Å². The first-order chi connectivity index (χ1) is 10.1. The van der Waals surface area contributed by atoms with Crippen molar-refractivity contribution in [2.24, 2.45) is 0 Å². The average molecular weight is 360 g/mol. The molecule has 0 bridgehead atoms. The third-order valence-corrected chi connectivity index (χ3v) is 3.82. The van der Waals surface area contributed by atoms with Crippen LogP contribution in [0.4, 0.5) is 0 Å². The molecule has 1 unspecified atom stereocenters. The first kappa shape index (κ1) is 17.6. The number of hydrogen-bond acceptors (Lipinski definition) is 4. The molecule has 0 saturated carbocycles. The molecule has 0 aliphatic heterocycles. The van der Waals surface area contributed by atoms with Crippen LogP contribution in [-0.2, 0) is 0 Å². The molecule has 1 rings (SSSR count). The summed E-state index contributed by atoms with van der Waals surface area (Å²) in [6.45, 7) is 2.66. The van der Waals surface area contributed by atoms with Gasteiger partial charge in [0.2, 0.25) is 0 Å². The van der Waals surface area contributed by atoms with Crippen molar-refractivity contribution < 1.29 is 19.0 Å². The second-order valence-corrected chi connectivity index (χ2v) is 5.80. The minimum absolute atomic E-state index is 0.201. The summed E-state index contributed by atoms with van der Waals surface area (Å²) in [6.07, 6.45) is 2.06. The second-order valence-electron chi connectivity index (χ2n) is 4.50. The van der Waals surface area contributed by atoms with Crippen LogP contribution in [-0.4, -0.2) is 38.6 Å². The van der Waals surface area contributed by atoms with Gasteiger partial charge in [0.1, 0.15) is 5.75 Å². The molecule has 1 aromatic rings. The number of benzene rings is 1. The number of carbonyl (C=O) groups is 1. The zero-order valence-corrected chi connectivity index (χ0v) is 14.5. The van der Waals surface area contributed by atoms with Crippen LogP contribution in [0.3, 0.4) is 0 Å². The predicted molar refractivity (Wildman–Crippen MR) is 86.1 cm³/mol. The monoisotopic (exact) mass is 359 g/mol. The number of halogens is 1. The van der Waals surface area contributed by atoms with Crippen molar-refractivity contribution in [3.05, 3.63) is 17.7 Å². The fourth-order valence-electron chi connectivity index (χ4n) is 1.92. The zero-order chi connectivity index (χ0) is 15.8. The lowest BCUT2D eigenvalue weighted by Crippen LogP contribution is -2.29. The highest BCUT2D eigenvalue weighted by Crippen LogP contribution is 2.34. The van der Waals surface area contributed by atoms with Crippen LogP contribution in [0.2, 0.25) is 0 Å². The van der Waals surface area contributed by atoms with Crippen LogP contribution < -0.4 is 19.5 Å². The van der Waals surface area contributed by atoms with Crippen LogP contribution in [0.5, 0.6) is 17.2 Å². The highest BCUT2D eigenvalue weighted by Gasteiger charge is 2.18. The summed E-state index contributed by atoms with van der Waals surface area (Å²) < 4.78 is 15.7. The summed E-state index contributed by atoms with van der Waals surface area (Å²) >= 11 is 3.53. The Morgan fingerprint density at radius 3 is 2.24 bits per heavy atom. The molecular formula is C15H22BrNO4. The van der Waals surface area contributed by atoms with Gasteiger partial charge >= 0.3 is 0 Å². The summed E-state index contributed by atoms with van der Waals surface area (Å²) in [5.74, 6) is 1.27. The second kappa shape index (κ2) is 8.77. The van der Waals surface area contributed by atoms with Crippen molar-refractivity contribution in [2.75, 3.05) is 27.9 Å². The Bertz CT molecular complexity index is 479. The molecule has 0 heterocycles. The van der Waals surface area contributed by atoms with Crippen LogP contribution in [0.1, 0.15) is 30.1 Å². The van der Waals surface area contributed by atoms with E-state index in [0.29, 0.717) is 29.4 Å². The largest absolute Gasteiger partial charge is 0.496 e. The molecule has 0 aliphatic rings. The lowest BCUT2D eigenvalue weighted by Gasteiger charge is -2.15. The minimum atomic E-state index is -0.201. The Morgan fingerprint density at radius 2 is 1.71 bits per heavy atom. The van der Waals surface area contributed by atoms with Gasteiger partial charge in [-0.25, -0.2) is 0 Å². The first-order valence-electron chi connectivity index (χ1n) is 6.79. The summed E-state index contributed by atoms with van der Waals surface area (Å²) in [5.41, 5.74) is 0.423. The summed E-state index contributed by atoms with van der Waals surface area (Å²) in [4.78, 5) is 12.6. The van der Waals surface area contributed by atoms with Crippen molar-refractivity contribution in [1.82, 2.24) is 5.32 Å². The molecule has 0 aliphatic carbocycles. The van der Waals surface area contributed by atoms with Gasteiger partial charge < -0.3 is 19.5 Å². The zero-order valence-electron chi connectivity index (χ0n) is 12.9.